The van der Waals surface area contributed by atoms with Crippen molar-refractivity contribution in [3.63, 3.8) is 0 Å². The van der Waals surface area contributed by atoms with Crippen LogP contribution in [0.25, 0.3) is 0 Å². The molecule has 5 nitrogen and oxygen atoms in total. The van der Waals surface area contributed by atoms with Crippen molar-refractivity contribution in [2.75, 3.05) is 16.8 Å². The molecule has 1 aromatic heterocycles. The van der Waals surface area contributed by atoms with E-state index in [9.17, 15) is 4.79 Å². The van der Waals surface area contributed by atoms with E-state index in [-0.39, 0.29) is 5.91 Å². The van der Waals surface area contributed by atoms with Crippen molar-refractivity contribution in [1.82, 2.24) is 0 Å². The summed E-state index contributed by atoms with van der Waals surface area (Å²) in [5, 5.41) is 12.0. The molecular formula is C16H15N3O2. The lowest BCUT2D eigenvalue weighted by Crippen LogP contribution is -2.25. The molecule has 21 heavy (non-hydrogen) atoms. The van der Waals surface area contributed by atoms with Gasteiger partial charge in [0.15, 0.2) is 0 Å². The Kier molecular flexibility index (Phi) is 3.36. The normalized spacial score (nSPS) is 12.9. The summed E-state index contributed by atoms with van der Waals surface area (Å²) in [5.74, 6) is 1.12. The van der Waals surface area contributed by atoms with Gasteiger partial charge in [-0.15, -0.1) is 0 Å². The van der Waals surface area contributed by atoms with E-state index < -0.39 is 0 Å². The Bertz CT molecular complexity index is 727. The molecule has 1 N–H and O–H groups in total. The molecule has 2 aromatic rings. The van der Waals surface area contributed by atoms with Gasteiger partial charge < -0.3 is 14.6 Å². The smallest absolute Gasteiger partial charge is 0.223 e. The van der Waals surface area contributed by atoms with Gasteiger partial charge in [0.05, 0.1) is 6.54 Å². The Labute approximate surface area is 122 Å². The summed E-state index contributed by atoms with van der Waals surface area (Å²) in [6.07, 6.45) is 0.879. The van der Waals surface area contributed by atoms with Crippen molar-refractivity contribution in [2.45, 2.75) is 19.9 Å². The molecule has 1 aliphatic heterocycles. The van der Waals surface area contributed by atoms with E-state index in [1.807, 2.05) is 18.2 Å². The van der Waals surface area contributed by atoms with Gasteiger partial charge in [-0.1, -0.05) is 0 Å². The largest absolute Gasteiger partial charge is 0.449 e. The number of nitriles is 1. The lowest BCUT2D eigenvalue weighted by Gasteiger charge is -2.15. The van der Waals surface area contributed by atoms with Gasteiger partial charge in [0.2, 0.25) is 11.7 Å². The van der Waals surface area contributed by atoms with Crippen LogP contribution < -0.4 is 10.2 Å². The van der Waals surface area contributed by atoms with Crippen LogP contribution in [0.2, 0.25) is 0 Å². The van der Waals surface area contributed by atoms with Crippen molar-refractivity contribution in [1.29, 1.82) is 5.26 Å². The van der Waals surface area contributed by atoms with Crippen LogP contribution in [0.4, 0.5) is 11.4 Å². The van der Waals surface area contributed by atoms with Crippen LogP contribution in [0.1, 0.15) is 24.0 Å². The molecule has 106 valence electrons. The second kappa shape index (κ2) is 5.33. The van der Waals surface area contributed by atoms with Crippen molar-refractivity contribution in [2.24, 2.45) is 0 Å². The quantitative estimate of drug-likeness (QED) is 0.939. The zero-order valence-corrected chi connectivity index (χ0v) is 11.7. The fourth-order valence-corrected chi connectivity index (χ4v) is 2.56. The fourth-order valence-electron chi connectivity index (χ4n) is 2.56. The molecule has 0 atom stereocenters. The first-order chi connectivity index (χ1) is 10.2. The highest BCUT2D eigenvalue weighted by atomic mass is 16.3. The van der Waals surface area contributed by atoms with Gasteiger partial charge in [0.25, 0.3) is 0 Å². The third kappa shape index (κ3) is 2.61. The van der Waals surface area contributed by atoms with Crippen LogP contribution >= 0.6 is 0 Å². The maximum absolute atomic E-state index is 11.5. The van der Waals surface area contributed by atoms with Gasteiger partial charge in [-0.05, 0) is 42.3 Å². The molecule has 0 saturated heterocycles. The first-order valence-electron chi connectivity index (χ1n) is 6.81. The Morgan fingerprint density at radius 3 is 3.00 bits per heavy atom. The van der Waals surface area contributed by atoms with Crippen molar-refractivity contribution < 1.29 is 9.21 Å². The van der Waals surface area contributed by atoms with Crippen molar-refractivity contribution in [3.05, 3.63) is 47.4 Å². The van der Waals surface area contributed by atoms with Crippen LogP contribution in [0.15, 0.2) is 34.7 Å². The van der Waals surface area contributed by atoms with Crippen LogP contribution in [0.3, 0.4) is 0 Å². The Hall–Kier alpha value is -2.74. The second-order valence-electron chi connectivity index (χ2n) is 5.00. The zero-order chi connectivity index (χ0) is 14.8. The number of nitrogens with zero attached hydrogens (tertiary/aromatic N) is 2. The first kappa shape index (κ1) is 13.3. The molecule has 2 heterocycles. The molecule has 1 aliphatic rings. The highest BCUT2D eigenvalue weighted by molar-refractivity contribution is 5.94. The minimum absolute atomic E-state index is 0.0778. The number of hydrogen-bond donors (Lipinski definition) is 1. The SMILES string of the molecule is CC(=O)N1CCc2cc(NCc3ccc(C#N)o3)ccc21. The van der Waals surface area contributed by atoms with E-state index in [1.54, 1.807) is 24.0 Å². The number of anilines is 2. The van der Waals surface area contributed by atoms with E-state index in [2.05, 4.69) is 11.4 Å². The van der Waals surface area contributed by atoms with E-state index in [0.717, 1.165) is 30.1 Å². The Balaban J connectivity index is 1.70. The number of nitrogens with one attached hydrogen (secondary N) is 1. The van der Waals surface area contributed by atoms with Gasteiger partial charge >= 0.3 is 0 Å². The van der Waals surface area contributed by atoms with E-state index >= 15 is 0 Å². The third-order valence-corrected chi connectivity index (χ3v) is 3.59. The van der Waals surface area contributed by atoms with Crippen LogP contribution in [0, 0.1) is 11.3 Å². The molecule has 0 fully saturated rings. The molecule has 0 spiro atoms. The molecule has 0 saturated carbocycles. The number of benzene rings is 1. The number of amides is 1. The lowest BCUT2D eigenvalue weighted by molar-refractivity contribution is -0.116. The summed E-state index contributed by atoms with van der Waals surface area (Å²) in [6, 6.07) is 11.4. The Morgan fingerprint density at radius 2 is 2.29 bits per heavy atom. The molecular weight excluding hydrogens is 266 g/mol. The van der Waals surface area contributed by atoms with Gasteiger partial charge in [0, 0.05) is 24.8 Å². The molecule has 3 rings (SSSR count). The summed E-state index contributed by atoms with van der Waals surface area (Å²) >= 11 is 0. The first-order valence-corrected chi connectivity index (χ1v) is 6.81. The number of hydrogen-bond acceptors (Lipinski definition) is 4. The minimum Gasteiger partial charge on any atom is -0.449 e. The number of furan rings is 1. The average molecular weight is 281 g/mol. The predicted octanol–water partition coefficient (Wildman–Crippen LogP) is 2.67. The summed E-state index contributed by atoms with van der Waals surface area (Å²) in [7, 11) is 0. The molecule has 0 aliphatic carbocycles. The second-order valence-corrected chi connectivity index (χ2v) is 5.00. The summed E-state index contributed by atoms with van der Waals surface area (Å²) in [5.41, 5.74) is 3.15. The van der Waals surface area contributed by atoms with Crippen LogP contribution in [-0.4, -0.2) is 12.5 Å². The summed E-state index contributed by atoms with van der Waals surface area (Å²) in [4.78, 5) is 13.3. The van der Waals surface area contributed by atoms with E-state index in [4.69, 9.17) is 9.68 Å². The third-order valence-electron chi connectivity index (χ3n) is 3.59. The molecule has 0 unspecified atom stereocenters. The molecule has 0 bridgehead atoms. The summed E-state index contributed by atoms with van der Waals surface area (Å²) < 4.78 is 5.32. The van der Waals surface area contributed by atoms with E-state index in [0.29, 0.717) is 12.3 Å². The van der Waals surface area contributed by atoms with Gasteiger partial charge in [-0.2, -0.15) is 5.26 Å². The number of carbonyl (C=O) groups excluding carboxylic acids is 1. The topological polar surface area (TPSA) is 69.3 Å². The van der Waals surface area contributed by atoms with E-state index in [1.165, 1.54) is 5.56 Å². The monoisotopic (exact) mass is 281 g/mol. The number of fused-ring (bicyclic) bond motifs is 1. The Morgan fingerprint density at radius 1 is 1.43 bits per heavy atom. The van der Waals surface area contributed by atoms with Crippen molar-refractivity contribution >= 4 is 17.3 Å². The number of carbonyl (C=O) groups is 1. The number of rotatable bonds is 3. The highest BCUT2D eigenvalue weighted by Gasteiger charge is 2.21. The van der Waals surface area contributed by atoms with Gasteiger partial charge in [-0.3, -0.25) is 4.79 Å². The zero-order valence-electron chi connectivity index (χ0n) is 11.7. The van der Waals surface area contributed by atoms with Gasteiger partial charge in [0.1, 0.15) is 11.8 Å². The highest BCUT2D eigenvalue weighted by Crippen LogP contribution is 2.30. The average Bonchev–Trinajstić information content (AvgIpc) is 3.11. The molecule has 1 aromatic carbocycles. The molecule has 0 radical (unpaired) electrons. The van der Waals surface area contributed by atoms with Crippen LogP contribution in [0.5, 0.6) is 0 Å². The maximum Gasteiger partial charge on any atom is 0.223 e. The van der Waals surface area contributed by atoms with Gasteiger partial charge in [-0.25, -0.2) is 0 Å². The fraction of sp³-hybridized carbons (Fsp3) is 0.250. The minimum atomic E-state index is 0.0778. The standard InChI is InChI=1S/C16H15N3O2/c1-11(20)19-7-6-12-8-13(2-5-16(12)19)18-10-15-4-3-14(9-17)21-15/h2-5,8,18H,6-7,10H2,1H3. The molecule has 1 amide bonds. The maximum atomic E-state index is 11.5. The molecule has 5 heteroatoms. The lowest BCUT2D eigenvalue weighted by atomic mass is 10.1. The van der Waals surface area contributed by atoms with Crippen LogP contribution in [-0.2, 0) is 17.8 Å². The summed E-state index contributed by atoms with van der Waals surface area (Å²) in [6.45, 7) is 2.86. The predicted molar refractivity (Wildman–Crippen MR) is 78.9 cm³/mol. The van der Waals surface area contributed by atoms with Crippen molar-refractivity contribution in [3.8, 4) is 6.07 Å².